The van der Waals surface area contributed by atoms with Gasteiger partial charge in [0.1, 0.15) is 0 Å². The number of hydrogen-bond acceptors (Lipinski definition) is 2. The second-order valence-electron chi connectivity index (χ2n) is 8.08. The van der Waals surface area contributed by atoms with Crippen LogP contribution in [0.5, 0.6) is 11.5 Å². The summed E-state index contributed by atoms with van der Waals surface area (Å²) in [6, 6.07) is 4.27. The van der Waals surface area contributed by atoms with Crippen LogP contribution in [0.2, 0.25) is 0 Å². The van der Waals surface area contributed by atoms with Gasteiger partial charge in [-0.05, 0) is 0 Å². The minimum atomic E-state index is -0.593. The molecule has 0 fully saturated rings. The van der Waals surface area contributed by atoms with E-state index in [1.807, 2.05) is 0 Å². The molecule has 1 aromatic carbocycles. The maximum atomic E-state index is 6.47. The Morgan fingerprint density at radius 1 is 0.920 bits per heavy atom. The van der Waals surface area contributed by atoms with E-state index in [2.05, 4.69) is 71.9 Å². The summed E-state index contributed by atoms with van der Waals surface area (Å²) in [5, 5.41) is 0. The molecule has 0 spiro atoms. The Morgan fingerprint density at radius 3 is 1.80 bits per heavy atom. The molecule has 0 saturated carbocycles. The van der Waals surface area contributed by atoms with Crippen molar-refractivity contribution in [1.29, 1.82) is 0 Å². The molecule has 0 N–H and O–H groups in total. The third-order valence-electron chi connectivity index (χ3n) is 3.97. The first-order valence-corrected chi connectivity index (χ1v) is 9.56. The van der Waals surface area contributed by atoms with Crippen LogP contribution in [-0.2, 0) is 30.4 Å². The molecule has 0 unspecified atom stereocenters. The van der Waals surface area contributed by atoms with Crippen LogP contribution in [0, 0.1) is 0 Å². The van der Waals surface area contributed by atoms with Gasteiger partial charge in [0.15, 0.2) is 0 Å². The number of halogens is 2. The molecule has 1 aliphatic rings. The van der Waals surface area contributed by atoms with E-state index in [4.69, 9.17) is 8.06 Å². The first kappa shape index (κ1) is 25.0. The quantitative estimate of drug-likeness (QED) is 0.422. The summed E-state index contributed by atoms with van der Waals surface area (Å²) < 4.78 is 13.5. The van der Waals surface area contributed by atoms with Crippen LogP contribution in [-0.4, -0.2) is 7.11 Å². The van der Waals surface area contributed by atoms with E-state index in [1.54, 1.807) is 7.11 Å². The fraction of sp³-hybridized carbons (Fsp3) is 0.500. The Hall–Kier alpha value is -0.0257. The third-order valence-corrected chi connectivity index (χ3v) is 5.44. The zero-order chi connectivity index (χ0) is 17.3. The summed E-state index contributed by atoms with van der Waals surface area (Å²) in [5.41, 5.74) is 2.49. The van der Waals surface area contributed by atoms with E-state index in [9.17, 15) is 0 Å². The first-order valence-electron chi connectivity index (χ1n) is 8.14. The number of benzene rings is 1. The zero-order valence-corrected chi connectivity index (χ0v) is 21.2. The van der Waals surface area contributed by atoms with Gasteiger partial charge in [0.2, 0.25) is 0 Å². The fourth-order valence-corrected chi connectivity index (χ4v) is 3.86. The second-order valence-corrected chi connectivity index (χ2v) is 9.72. The molecule has 1 aromatic rings. The molecule has 5 heteroatoms. The molecule has 2 nitrogen and oxygen atoms in total. The number of allylic oxidation sites excluding steroid dienone is 4. The molecular formula is C20H30Br2O2Ti. The Balaban J connectivity index is 0.00000288. The van der Waals surface area contributed by atoms with E-state index >= 15 is 0 Å². The molecule has 25 heavy (non-hydrogen) atoms. The molecule has 1 aliphatic carbocycles. The molecule has 0 bridgehead atoms. The van der Waals surface area contributed by atoms with Gasteiger partial charge in [-0.2, -0.15) is 0 Å². The average Bonchev–Trinajstić information content (AvgIpc) is 2.95. The van der Waals surface area contributed by atoms with E-state index < -0.39 is 19.5 Å². The number of ether oxygens (including phenoxy) is 1. The van der Waals surface area contributed by atoms with Crippen LogP contribution in [0.15, 0.2) is 34.2 Å². The summed E-state index contributed by atoms with van der Waals surface area (Å²) in [7, 11) is 1.73. The summed E-state index contributed by atoms with van der Waals surface area (Å²) in [4.78, 5) is 0. The van der Waals surface area contributed by atoms with Gasteiger partial charge in [-0.3, -0.25) is 0 Å². The van der Waals surface area contributed by atoms with Crippen molar-refractivity contribution in [3.63, 3.8) is 0 Å². The molecule has 2 rings (SSSR count). The van der Waals surface area contributed by atoms with Crippen molar-refractivity contribution in [2.75, 3.05) is 7.11 Å². The van der Waals surface area contributed by atoms with Gasteiger partial charge in [0.25, 0.3) is 0 Å². The number of rotatable bonds is 4. The molecule has 0 atom stereocenters. The van der Waals surface area contributed by atoms with Gasteiger partial charge in [-0.15, -0.1) is 34.0 Å². The van der Waals surface area contributed by atoms with Gasteiger partial charge in [0.05, 0.1) is 0 Å². The van der Waals surface area contributed by atoms with Crippen LogP contribution in [0.1, 0.15) is 59.1 Å². The van der Waals surface area contributed by atoms with Crippen LogP contribution in [0.3, 0.4) is 0 Å². The van der Waals surface area contributed by atoms with Gasteiger partial charge in [0, 0.05) is 0 Å². The third kappa shape index (κ3) is 6.57. The van der Waals surface area contributed by atoms with Crippen LogP contribution in [0.4, 0.5) is 0 Å². The van der Waals surface area contributed by atoms with Crippen LogP contribution >= 0.6 is 34.0 Å². The summed E-state index contributed by atoms with van der Waals surface area (Å²) in [6.07, 6.45) is 7.58. The SMILES string of the molecule is Br.Br.COc1cc(C(C)(C)C)c([O][Ti][C]2=CC=CC2)c(C(C)(C)C)c1. The molecule has 0 saturated heterocycles. The van der Waals surface area contributed by atoms with E-state index in [0.29, 0.717) is 0 Å². The van der Waals surface area contributed by atoms with Crippen LogP contribution < -0.4 is 8.06 Å². The van der Waals surface area contributed by atoms with Crippen molar-refractivity contribution in [2.24, 2.45) is 0 Å². The van der Waals surface area contributed by atoms with Gasteiger partial charge in [-0.25, -0.2) is 0 Å². The predicted molar refractivity (Wildman–Crippen MR) is 114 cm³/mol. The zero-order valence-electron chi connectivity index (χ0n) is 16.2. The molecule has 0 aromatic heterocycles. The van der Waals surface area contributed by atoms with Crippen molar-refractivity contribution in [1.82, 2.24) is 0 Å². The van der Waals surface area contributed by atoms with Gasteiger partial charge < -0.3 is 0 Å². The van der Waals surface area contributed by atoms with E-state index in [0.717, 1.165) is 17.9 Å². The second kappa shape index (κ2) is 9.78. The van der Waals surface area contributed by atoms with Gasteiger partial charge in [-0.1, -0.05) is 0 Å². The monoisotopic (exact) mass is 508 g/mol. The topological polar surface area (TPSA) is 18.5 Å². The van der Waals surface area contributed by atoms with Crippen molar-refractivity contribution in [3.8, 4) is 11.5 Å². The van der Waals surface area contributed by atoms with Crippen LogP contribution in [0.25, 0.3) is 0 Å². The Labute approximate surface area is 183 Å². The summed E-state index contributed by atoms with van der Waals surface area (Å²) >= 11 is -0.593. The Morgan fingerprint density at radius 2 is 1.44 bits per heavy atom. The summed E-state index contributed by atoms with van der Waals surface area (Å²) in [5.74, 6) is 1.98. The molecule has 0 radical (unpaired) electrons. The maximum absolute atomic E-state index is 6.47. The van der Waals surface area contributed by atoms with Gasteiger partial charge >= 0.3 is 150 Å². The average molecular weight is 510 g/mol. The first-order chi connectivity index (χ1) is 10.6. The van der Waals surface area contributed by atoms with E-state index in [-0.39, 0.29) is 44.8 Å². The minimum absolute atomic E-state index is 0. The Kier molecular flexibility index (Phi) is 9.77. The van der Waals surface area contributed by atoms with Crippen molar-refractivity contribution >= 4 is 34.0 Å². The summed E-state index contributed by atoms with van der Waals surface area (Å²) in [6.45, 7) is 13.4. The van der Waals surface area contributed by atoms with Crippen molar-refractivity contribution in [3.05, 3.63) is 45.4 Å². The fourth-order valence-electron chi connectivity index (χ4n) is 2.58. The number of hydrogen-bond donors (Lipinski definition) is 0. The molecule has 0 heterocycles. The molecular weight excluding hydrogens is 480 g/mol. The molecule has 0 aliphatic heterocycles. The Bertz CT molecular complexity index is 603. The van der Waals surface area contributed by atoms with Crippen molar-refractivity contribution in [2.45, 2.75) is 58.8 Å². The normalized spacial score (nSPS) is 13.5. The van der Waals surface area contributed by atoms with Crippen molar-refractivity contribution < 1.29 is 27.6 Å². The van der Waals surface area contributed by atoms with E-state index in [1.165, 1.54) is 15.0 Å². The molecule has 0 amide bonds. The predicted octanol–water partition coefficient (Wildman–Crippen LogP) is 6.67. The number of methoxy groups -OCH3 is 1. The standard InChI is InChI=1S/C15H24O2.C5H5.2BrH.Ti/c1-14(2,3)11-8-10(17-7)9-12(13(11)16)15(4,5)6;1-2-4-5-3-1;;;/h8-9,16H,1-7H3;1-3H,4H2;2*1H;/q;;;;+1/p-1. The molecule has 140 valence electrons.